The van der Waals surface area contributed by atoms with E-state index in [1.165, 1.54) is 5.57 Å². The third kappa shape index (κ3) is 2.00. The monoisotopic (exact) mass is 328 g/mol. The van der Waals surface area contributed by atoms with Gasteiger partial charge < -0.3 is 5.11 Å². The van der Waals surface area contributed by atoms with E-state index in [-0.39, 0.29) is 28.4 Å². The van der Waals surface area contributed by atoms with Crippen molar-refractivity contribution in [3.8, 4) is 0 Å². The fraction of sp³-hybridized carbons (Fsp3) is 0.714. The van der Waals surface area contributed by atoms with Gasteiger partial charge in [-0.3, -0.25) is 9.59 Å². The van der Waals surface area contributed by atoms with Crippen molar-refractivity contribution in [2.75, 3.05) is 0 Å². The van der Waals surface area contributed by atoms with Crippen molar-refractivity contribution in [2.24, 2.45) is 28.6 Å². The quantitative estimate of drug-likeness (QED) is 0.748. The number of carbonyl (C=O) groups excluding carboxylic acids is 2. The first-order valence-electron chi connectivity index (χ1n) is 9.40. The molecule has 0 unspecified atom stereocenters. The van der Waals surface area contributed by atoms with Crippen molar-refractivity contribution in [2.45, 2.75) is 65.4 Å². The van der Waals surface area contributed by atoms with Crippen LogP contribution in [0.5, 0.6) is 0 Å². The number of ketones is 2. The minimum atomic E-state index is -0.420. The van der Waals surface area contributed by atoms with Gasteiger partial charge in [0, 0.05) is 23.7 Å². The standard InChI is InChI=1S/C21H28O3/c1-12(22)15-4-5-16-19-17(7-9-21(15,16)3)20(2)8-6-14(23)10-13(20)11-18(19)24/h7,10,15-16,18-19,24H,4-6,8-9,11H2,1-3H3/t15-,16+,18-,19+,20+,21-/m1/s1. The van der Waals surface area contributed by atoms with Crippen molar-refractivity contribution < 1.29 is 14.7 Å². The van der Waals surface area contributed by atoms with Gasteiger partial charge in [-0.05, 0) is 56.4 Å². The topological polar surface area (TPSA) is 54.4 Å². The molecule has 2 fully saturated rings. The Labute approximate surface area is 144 Å². The minimum absolute atomic E-state index is 0.0109. The molecule has 4 aliphatic carbocycles. The van der Waals surface area contributed by atoms with Crippen LogP contribution in [0.4, 0.5) is 0 Å². The minimum Gasteiger partial charge on any atom is -0.392 e. The first-order valence-corrected chi connectivity index (χ1v) is 9.40. The number of carbonyl (C=O) groups is 2. The fourth-order valence-corrected chi connectivity index (χ4v) is 6.49. The predicted molar refractivity (Wildman–Crippen MR) is 92.2 cm³/mol. The third-order valence-electron chi connectivity index (χ3n) is 7.85. The molecule has 0 radical (unpaired) electrons. The van der Waals surface area contributed by atoms with Gasteiger partial charge in [-0.2, -0.15) is 0 Å². The number of Topliss-reactive ketones (excluding diaryl/α,β-unsaturated/α-hetero) is 1. The van der Waals surface area contributed by atoms with Crippen molar-refractivity contribution in [3.63, 3.8) is 0 Å². The predicted octanol–water partition coefficient (Wildman–Crippen LogP) is 3.61. The Kier molecular flexibility index (Phi) is 3.48. The van der Waals surface area contributed by atoms with Crippen LogP contribution in [-0.4, -0.2) is 22.8 Å². The molecule has 0 saturated heterocycles. The van der Waals surface area contributed by atoms with Crippen LogP contribution < -0.4 is 0 Å². The zero-order chi connectivity index (χ0) is 17.3. The molecule has 1 N–H and O–H groups in total. The van der Waals surface area contributed by atoms with Gasteiger partial charge in [0.15, 0.2) is 5.78 Å². The summed E-state index contributed by atoms with van der Waals surface area (Å²) < 4.78 is 0. The van der Waals surface area contributed by atoms with Gasteiger partial charge in [-0.15, -0.1) is 0 Å². The summed E-state index contributed by atoms with van der Waals surface area (Å²) in [6, 6.07) is 0. The summed E-state index contributed by atoms with van der Waals surface area (Å²) in [5.41, 5.74) is 2.40. The molecule has 0 spiro atoms. The van der Waals surface area contributed by atoms with Gasteiger partial charge in [0.1, 0.15) is 5.78 Å². The Balaban J connectivity index is 1.79. The highest BCUT2D eigenvalue weighted by atomic mass is 16.3. The summed E-state index contributed by atoms with van der Waals surface area (Å²) in [6.07, 6.45) is 8.71. The largest absolute Gasteiger partial charge is 0.392 e. The molecular formula is C21H28O3. The molecule has 6 atom stereocenters. The molecule has 3 heteroatoms. The number of hydrogen-bond acceptors (Lipinski definition) is 3. The van der Waals surface area contributed by atoms with Crippen molar-refractivity contribution in [1.82, 2.24) is 0 Å². The maximum atomic E-state index is 12.1. The second-order valence-electron chi connectivity index (χ2n) is 8.98. The van der Waals surface area contributed by atoms with Gasteiger partial charge in [0.25, 0.3) is 0 Å². The van der Waals surface area contributed by atoms with E-state index in [1.54, 1.807) is 13.0 Å². The lowest BCUT2D eigenvalue weighted by Crippen LogP contribution is -2.50. The van der Waals surface area contributed by atoms with Crippen LogP contribution in [0.15, 0.2) is 23.3 Å². The maximum absolute atomic E-state index is 12.1. The number of fused-ring (bicyclic) bond motifs is 5. The summed E-state index contributed by atoms with van der Waals surface area (Å²) >= 11 is 0. The highest BCUT2D eigenvalue weighted by molar-refractivity contribution is 5.92. The summed E-state index contributed by atoms with van der Waals surface area (Å²) in [5.74, 6) is 1.18. The lowest BCUT2D eigenvalue weighted by atomic mass is 9.50. The Morgan fingerprint density at radius 1 is 1.29 bits per heavy atom. The molecule has 3 nitrogen and oxygen atoms in total. The molecule has 4 rings (SSSR count). The smallest absolute Gasteiger partial charge is 0.155 e. The maximum Gasteiger partial charge on any atom is 0.155 e. The zero-order valence-corrected chi connectivity index (χ0v) is 15.0. The third-order valence-corrected chi connectivity index (χ3v) is 7.85. The summed E-state index contributed by atoms with van der Waals surface area (Å²) in [7, 11) is 0. The average molecular weight is 328 g/mol. The highest BCUT2D eigenvalue weighted by Crippen LogP contribution is 2.64. The summed E-state index contributed by atoms with van der Waals surface area (Å²) in [6.45, 7) is 6.24. The molecule has 24 heavy (non-hydrogen) atoms. The second-order valence-corrected chi connectivity index (χ2v) is 8.98. The van der Waals surface area contributed by atoms with Gasteiger partial charge in [0.05, 0.1) is 6.10 Å². The van der Waals surface area contributed by atoms with Crippen LogP contribution in [-0.2, 0) is 9.59 Å². The lowest BCUT2D eigenvalue weighted by molar-refractivity contribution is -0.125. The van der Waals surface area contributed by atoms with Gasteiger partial charge >= 0.3 is 0 Å². The van der Waals surface area contributed by atoms with Gasteiger partial charge in [0.2, 0.25) is 0 Å². The molecule has 0 amide bonds. The first-order chi connectivity index (χ1) is 11.3. The average Bonchev–Trinajstić information content (AvgIpc) is 2.86. The Hall–Kier alpha value is -1.22. The molecule has 0 aliphatic heterocycles. The van der Waals surface area contributed by atoms with E-state index in [0.29, 0.717) is 24.5 Å². The van der Waals surface area contributed by atoms with Crippen LogP contribution in [0.3, 0.4) is 0 Å². The molecule has 0 aromatic carbocycles. The summed E-state index contributed by atoms with van der Waals surface area (Å²) in [5, 5.41) is 11.0. The molecule has 0 bridgehead atoms. The SMILES string of the molecule is CC(=O)[C@H]1CC[C@H]2[C@H]3C(=CC[C@]12C)[C@@]1(C)CCC(=O)C=C1C[C@H]3O. The Morgan fingerprint density at radius 2 is 2.04 bits per heavy atom. The second kappa shape index (κ2) is 5.14. The first kappa shape index (κ1) is 16.3. The lowest BCUT2D eigenvalue weighted by Gasteiger charge is -2.55. The van der Waals surface area contributed by atoms with E-state index in [2.05, 4.69) is 19.9 Å². The van der Waals surface area contributed by atoms with Crippen LogP contribution in [0, 0.1) is 28.6 Å². The molecule has 2 saturated carbocycles. The van der Waals surface area contributed by atoms with Crippen molar-refractivity contribution in [3.05, 3.63) is 23.3 Å². The number of rotatable bonds is 1. The van der Waals surface area contributed by atoms with E-state index in [1.807, 2.05) is 0 Å². The van der Waals surface area contributed by atoms with E-state index in [9.17, 15) is 14.7 Å². The summed E-state index contributed by atoms with van der Waals surface area (Å²) in [4.78, 5) is 24.0. The van der Waals surface area contributed by atoms with Crippen LogP contribution in [0.1, 0.15) is 59.3 Å². The van der Waals surface area contributed by atoms with E-state index in [4.69, 9.17) is 0 Å². The number of allylic oxidation sites excluding steroid dienone is 2. The number of aliphatic hydroxyl groups excluding tert-OH is 1. The van der Waals surface area contributed by atoms with E-state index < -0.39 is 6.10 Å². The van der Waals surface area contributed by atoms with E-state index >= 15 is 0 Å². The van der Waals surface area contributed by atoms with Crippen LogP contribution >= 0.6 is 0 Å². The van der Waals surface area contributed by atoms with E-state index in [0.717, 1.165) is 31.3 Å². The Morgan fingerprint density at radius 3 is 2.75 bits per heavy atom. The molecular weight excluding hydrogens is 300 g/mol. The van der Waals surface area contributed by atoms with Gasteiger partial charge in [-0.25, -0.2) is 0 Å². The molecule has 0 aromatic heterocycles. The molecule has 0 aromatic rings. The molecule has 130 valence electrons. The number of hydrogen-bond donors (Lipinski definition) is 1. The highest BCUT2D eigenvalue weighted by Gasteiger charge is 2.58. The normalized spacial score (nSPS) is 47.2. The Bertz CT molecular complexity index is 673. The molecule has 0 heterocycles. The van der Waals surface area contributed by atoms with Crippen LogP contribution in [0.2, 0.25) is 0 Å². The van der Waals surface area contributed by atoms with Crippen LogP contribution in [0.25, 0.3) is 0 Å². The van der Waals surface area contributed by atoms with Gasteiger partial charge in [-0.1, -0.05) is 31.1 Å². The van der Waals surface area contributed by atoms with Crippen molar-refractivity contribution in [1.29, 1.82) is 0 Å². The fourth-order valence-electron chi connectivity index (χ4n) is 6.49. The zero-order valence-electron chi connectivity index (χ0n) is 15.0. The molecule has 4 aliphatic rings. The van der Waals surface area contributed by atoms with Crippen molar-refractivity contribution >= 4 is 11.6 Å². The number of aliphatic hydroxyl groups is 1.